The summed E-state index contributed by atoms with van der Waals surface area (Å²) in [5.74, 6) is 0.709. The maximum Gasteiger partial charge on any atom is 0.234 e. The number of aromatic nitrogens is 2. The van der Waals surface area contributed by atoms with Crippen molar-refractivity contribution in [2.24, 2.45) is 5.92 Å². The van der Waals surface area contributed by atoms with Crippen LogP contribution in [-0.2, 0) is 22.5 Å². The lowest BCUT2D eigenvalue weighted by Gasteiger charge is -2.34. The SMILES string of the molecule is CC(C)CN1CCOC(CNC(=O)CN2CCc3cncnc3C2)C1. The zero-order valence-electron chi connectivity index (χ0n) is 15.3. The van der Waals surface area contributed by atoms with Gasteiger partial charge in [-0.15, -0.1) is 0 Å². The molecule has 3 rings (SSSR count). The minimum Gasteiger partial charge on any atom is -0.374 e. The average molecular weight is 347 g/mol. The number of amides is 1. The lowest BCUT2D eigenvalue weighted by molar-refractivity contribution is -0.123. The predicted octanol–water partition coefficient (Wildman–Crippen LogP) is 0.308. The summed E-state index contributed by atoms with van der Waals surface area (Å²) in [4.78, 5) is 25.2. The number of rotatable bonds is 6. The molecule has 25 heavy (non-hydrogen) atoms. The van der Waals surface area contributed by atoms with Gasteiger partial charge in [0.2, 0.25) is 5.91 Å². The highest BCUT2D eigenvalue weighted by Crippen LogP contribution is 2.14. The van der Waals surface area contributed by atoms with Crippen molar-refractivity contribution in [1.82, 2.24) is 25.1 Å². The third kappa shape index (κ3) is 5.45. The number of nitrogens with zero attached hydrogens (tertiary/aromatic N) is 4. The Bertz CT molecular complexity index is 580. The number of ether oxygens (including phenoxy) is 1. The fraction of sp³-hybridized carbons (Fsp3) is 0.722. The fourth-order valence-electron chi connectivity index (χ4n) is 3.51. The molecule has 138 valence electrons. The zero-order chi connectivity index (χ0) is 17.6. The van der Waals surface area contributed by atoms with E-state index in [1.165, 1.54) is 5.56 Å². The molecule has 1 N–H and O–H groups in total. The van der Waals surface area contributed by atoms with Gasteiger partial charge in [0.1, 0.15) is 6.33 Å². The molecule has 1 fully saturated rings. The molecule has 3 heterocycles. The number of carbonyl (C=O) groups is 1. The van der Waals surface area contributed by atoms with Crippen molar-refractivity contribution in [3.8, 4) is 0 Å². The van der Waals surface area contributed by atoms with E-state index in [-0.39, 0.29) is 12.0 Å². The Morgan fingerprint density at radius 3 is 3.12 bits per heavy atom. The first-order valence-electron chi connectivity index (χ1n) is 9.21. The molecular formula is C18H29N5O2. The molecule has 0 aromatic carbocycles. The van der Waals surface area contributed by atoms with Gasteiger partial charge in [-0.05, 0) is 17.9 Å². The number of carbonyl (C=O) groups excluding carboxylic acids is 1. The topological polar surface area (TPSA) is 70.6 Å². The molecule has 0 spiro atoms. The first-order valence-corrected chi connectivity index (χ1v) is 9.21. The van der Waals surface area contributed by atoms with E-state index in [1.807, 2.05) is 6.20 Å². The molecule has 0 saturated carbocycles. The van der Waals surface area contributed by atoms with Crippen LogP contribution in [0.5, 0.6) is 0 Å². The van der Waals surface area contributed by atoms with Crippen LogP contribution in [0.1, 0.15) is 25.1 Å². The van der Waals surface area contributed by atoms with Crippen LogP contribution in [-0.4, -0.2) is 77.7 Å². The highest BCUT2D eigenvalue weighted by atomic mass is 16.5. The van der Waals surface area contributed by atoms with Crippen molar-refractivity contribution in [1.29, 1.82) is 0 Å². The van der Waals surface area contributed by atoms with Gasteiger partial charge in [0.05, 0.1) is 24.9 Å². The van der Waals surface area contributed by atoms with Gasteiger partial charge in [-0.25, -0.2) is 9.97 Å². The summed E-state index contributed by atoms with van der Waals surface area (Å²) >= 11 is 0. The van der Waals surface area contributed by atoms with Crippen molar-refractivity contribution < 1.29 is 9.53 Å². The van der Waals surface area contributed by atoms with Crippen LogP contribution in [0.15, 0.2) is 12.5 Å². The zero-order valence-corrected chi connectivity index (χ0v) is 15.3. The molecule has 7 nitrogen and oxygen atoms in total. The van der Waals surface area contributed by atoms with E-state index < -0.39 is 0 Å². The third-order valence-corrected chi connectivity index (χ3v) is 4.69. The summed E-state index contributed by atoms with van der Waals surface area (Å²) in [5.41, 5.74) is 2.23. The first-order chi connectivity index (χ1) is 12.1. The summed E-state index contributed by atoms with van der Waals surface area (Å²) in [6.45, 7) is 10.7. The Kier molecular flexibility index (Phi) is 6.34. The van der Waals surface area contributed by atoms with Gasteiger partial charge in [-0.2, -0.15) is 0 Å². The van der Waals surface area contributed by atoms with Crippen LogP contribution in [0.25, 0.3) is 0 Å². The number of nitrogens with one attached hydrogen (secondary N) is 1. The van der Waals surface area contributed by atoms with Crippen LogP contribution in [0, 0.1) is 5.92 Å². The Hall–Kier alpha value is -1.57. The van der Waals surface area contributed by atoms with Gasteiger partial charge < -0.3 is 10.1 Å². The van der Waals surface area contributed by atoms with E-state index in [0.717, 1.165) is 44.9 Å². The Balaban J connectivity index is 1.40. The summed E-state index contributed by atoms with van der Waals surface area (Å²) < 4.78 is 5.79. The summed E-state index contributed by atoms with van der Waals surface area (Å²) in [6.07, 6.45) is 4.44. The lowest BCUT2D eigenvalue weighted by atomic mass is 10.1. The Morgan fingerprint density at radius 2 is 2.28 bits per heavy atom. The maximum absolute atomic E-state index is 12.3. The van der Waals surface area contributed by atoms with Gasteiger partial charge in [0.15, 0.2) is 0 Å². The van der Waals surface area contributed by atoms with Crippen molar-refractivity contribution in [2.45, 2.75) is 32.9 Å². The molecule has 0 bridgehead atoms. The second kappa shape index (κ2) is 8.69. The molecule has 1 saturated heterocycles. The Labute approximate surface area is 149 Å². The first kappa shape index (κ1) is 18.2. The molecule has 1 aromatic rings. The maximum atomic E-state index is 12.3. The predicted molar refractivity (Wildman–Crippen MR) is 95.0 cm³/mol. The molecule has 2 aliphatic rings. The fourth-order valence-corrected chi connectivity index (χ4v) is 3.51. The number of fused-ring (bicyclic) bond motifs is 1. The Morgan fingerprint density at radius 1 is 1.40 bits per heavy atom. The van der Waals surface area contributed by atoms with Crippen LogP contribution in [0.2, 0.25) is 0 Å². The van der Waals surface area contributed by atoms with Crippen molar-refractivity contribution in [2.75, 3.05) is 45.9 Å². The number of hydrogen-bond donors (Lipinski definition) is 1. The van der Waals surface area contributed by atoms with Gasteiger partial charge in [-0.1, -0.05) is 13.8 Å². The monoisotopic (exact) mass is 347 g/mol. The summed E-state index contributed by atoms with van der Waals surface area (Å²) in [6, 6.07) is 0. The quantitative estimate of drug-likeness (QED) is 0.799. The second-order valence-corrected chi connectivity index (χ2v) is 7.41. The van der Waals surface area contributed by atoms with Crippen molar-refractivity contribution >= 4 is 5.91 Å². The largest absolute Gasteiger partial charge is 0.374 e. The molecule has 2 aliphatic heterocycles. The van der Waals surface area contributed by atoms with Crippen LogP contribution < -0.4 is 5.32 Å². The molecule has 1 atom stereocenters. The van der Waals surface area contributed by atoms with E-state index >= 15 is 0 Å². The minimum absolute atomic E-state index is 0.0575. The van der Waals surface area contributed by atoms with Gasteiger partial charge >= 0.3 is 0 Å². The highest BCUT2D eigenvalue weighted by Gasteiger charge is 2.23. The highest BCUT2D eigenvalue weighted by molar-refractivity contribution is 5.78. The molecule has 0 aliphatic carbocycles. The van der Waals surface area contributed by atoms with E-state index in [4.69, 9.17) is 4.74 Å². The van der Waals surface area contributed by atoms with Crippen LogP contribution in [0.4, 0.5) is 0 Å². The van der Waals surface area contributed by atoms with Gasteiger partial charge in [-0.3, -0.25) is 14.6 Å². The van der Waals surface area contributed by atoms with Crippen molar-refractivity contribution in [3.05, 3.63) is 23.8 Å². The molecule has 1 unspecified atom stereocenters. The standard InChI is InChI=1S/C18H29N5O2/c1-14(2)9-23-5-6-25-16(10-23)8-20-18(24)12-22-4-3-15-7-19-13-21-17(15)11-22/h7,13-14,16H,3-6,8-12H2,1-2H3,(H,20,24). The summed E-state index contributed by atoms with van der Waals surface area (Å²) in [7, 11) is 0. The van der Waals surface area contributed by atoms with Crippen LogP contribution >= 0.6 is 0 Å². The van der Waals surface area contributed by atoms with E-state index in [9.17, 15) is 4.79 Å². The normalized spacial score (nSPS) is 22.0. The summed E-state index contributed by atoms with van der Waals surface area (Å²) in [5, 5.41) is 3.03. The minimum atomic E-state index is 0.0575. The van der Waals surface area contributed by atoms with Gasteiger partial charge in [0, 0.05) is 45.5 Å². The molecule has 0 radical (unpaired) electrons. The molecule has 1 aromatic heterocycles. The van der Waals surface area contributed by atoms with Gasteiger partial charge in [0.25, 0.3) is 0 Å². The second-order valence-electron chi connectivity index (χ2n) is 7.41. The molecule has 7 heteroatoms. The molecular weight excluding hydrogens is 318 g/mol. The third-order valence-electron chi connectivity index (χ3n) is 4.69. The van der Waals surface area contributed by atoms with E-state index in [0.29, 0.717) is 25.6 Å². The van der Waals surface area contributed by atoms with Crippen molar-refractivity contribution in [3.63, 3.8) is 0 Å². The number of hydrogen-bond acceptors (Lipinski definition) is 6. The van der Waals surface area contributed by atoms with Crippen LogP contribution in [0.3, 0.4) is 0 Å². The number of morpholine rings is 1. The average Bonchev–Trinajstić information content (AvgIpc) is 2.60. The lowest BCUT2D eigenvalue weighted by Crippen LogP contribution is -2.49. The molecule has 1 amide bonds. The van der Waals surface area contributed by atoms with E-state index in [2.05, 4.69) is 38.9 Å². The van der Waals surface area contributed by atoms with E-state index in [1.54, 1.807) is 6.33 Å². The smallest absolute Gasteiger partial charge is 0.234 e.